The van der Waals surface area contributed by atoms with Gasteiger partial charge in [0, 0.05) is 11.1 Å². The Bertz CT molecular complexity index is 594. The molecule has 1 N–H and O–H groups in total. The molecule has 0 aliphatic carbocycles. The molecule has 0 radical (unpaired) electrons. The molecule has 0 aliphatic rings. The minimum absolute atomic E-state index is 0. The average molecular weight is 404 g/mol. The zero-order chi connectivity index (χ0) is 18.9. The molecule has 0 aromatic rings. The number of hydrogen-bond donors (Lipinski definition) is 1. The van der Waals surface area contributed by atoms with Gasteiger partial charge in [0.05, 0.1) is 0 Å². The summed E-state index contributed by atoms with van der Waals surface area (Å²) in [4.78, 5) is 34.6. The topological polar surface area (TPSA) is 133 Å². The second kappa shape index (κ2) is 12.7. The van der Waals surface area contributed by atoms with E-state index >= 15 is 0 Å². The molecule has 0 rings (SSSR count). The Labute approximate surface area is 188 Å². The van der Waals surface area contributed by atoms with E-state index in [9.17, 15) is 22.8 Å². The fourth-order valence-electron chi connectivity index (χ4n) is 1.15. The van der Waals surface area contributed by atoms with Crippen LogP contribution < -0.4 is 0 Å². The summed E-state index contributed by atoms with van der Waals surface area (Å²) in [5.74, 6) is -4.42. The maximum atomic E-state index is 11.9. The molecular weight excluding hydrogens is 383 g/mol. The van der Waals surface area contributed by atoms with Gasteiger partial charge in [-0.05, 0) is 13.8 Å². The van der Waals surface area contributed by atoms with Gasteiger partial charge in [-0.1, -0.05) is 13.2 Å². The summed E-state index contributed by atoms with van der Waals surface area (Å²) >= 11 is 0. The number of carbonyl (C=O) groups excluding carboxylic acids is 3. The molecular formula is C14H21KO9S. The van der Waals surface area contributed by atoms with Gasteiger partial charge >= 0.3 is 69.3 Å². The van der Waals surface area contributed by atoms with E-state index in [4.69, 9.17) is 14.0 Å². The van der Waals surface area contributed by atoms with Crippen molar-refractivity contribution in [2.45, 2.75) is 13.8 Å². The quantitative estimate of drug-likeness (QED) is 0.170. The number of ether oxygens (including phenoxy) is 3. The van der Waals surface area contributed by atoms with Crippen LogP contribution in [0.15, 0.2) is 24.3 Å². The summed E-state index contributed by atoms with van der Waals surface area (Å²) in [7, 11) is -4.29. The van der Waals surface area contributed by atoms with Crippen LogP contribution in [0.3, 0.4) is 0 Å². The fourth-order valence-corrected chi connectivity index (χ4v) is 1.44. The predicted octanol–water partition coefficient (Wildman–Crippen LogP) is -0.376. The summed E-state index contributed by atoms with van der Waals surface area (Å²) in [6.45, 7) is 8.03. The molecule has 0 saturated heterocycles. The van der Waals surface area contributed by atoms with Gasteiger partial charge in [0.15, 0.2) is 0 Å². The van der Waals surface area contributed by atoms with Crippen LogP contribution in [0, 0.1) is 5.92 Å². The first kappa shape index (κ1) is 26.7. The first-order valence-corrected chi connectivity index (χ1v) is 8.32. The normalized spacial score (nSPS) is 10.4. The minimum atomic E-state index is -4.29. The molecule has 0 amide bonds. The number of esters is 3. The Morgan fingerprint density at radius 3 is 1.68 bits per heavy atom. The van der Waals surface area contributed by atoms with Crippen molar-refractivity contribution in [1.29, 1.82) is 0 Å². The zero-order valence-corrected chi connectivity index (χ0v) is 14.3. The van der Waals surface area contributed by atoms with Crippen LogP contribution >= 0.6 is 0 Å². The molecule has 0 aliphatic heterocycles. The van der Waals surface area contributed by atoms with Crippen molar-refractivity contribution in [1.82, 2.24) is 0 Å². The van der Waals surface area contributed by atoms with Crippen molar-refractivity contribution in [2.75, 3.05) is 25.6 Å². The van der Waals surface area contributed by atoms with Gasteiger partial charge in [-0.25, -0.2) is 9.59 Å². The van der Waals surface area contributed by atoms with Crippen LogP contribution in [0.4, 0.5) is 0 Å². The van der Waals surface area contributed by atoms with Gasteiger partial charge in [-0.3, -0.25) is 9.35 Å². The zero-order valence-electron chi connectivity index (χ0n) is 13.4. The number of carbonyl (C=O) groups is 3. The molecule has 0 spiro atoms. The monoisotopic (exact) mass is 404 g/mol. The van der Waals surface area contributed by atoms with E-state index in [0.29, 0.717) is 0 Å². The molecule has 0 bridgehead atoms. The van der Waals surface area contributed by atoms with Gasteiger partial charge in [-0.2, -0.15) is 8.42 Å². The predicted molar refractivity (Wildman–Crippen MR) is 89.6 cm³/mol. The Balaban J connectivity index is 0. The molecule has 11 heteroatoms. The standard InChI is InChI=1S/C14H20O9S.K.H/c1-9(2)12(15)22-7-11(8-23-13(16)10(3)4)14(17)21-5-6-24(18,19)20;;/h11H,1,3,5-8H2,2,4H3,(H,18,19,20);;. The Hall–Kier alpha value is -0.564. The van der Waals surface area contributed by atoms with Crippen molar-refractivity contribution >= 4 is 79.4 Å². The van der Waals surface area contributed by atoms with Crippen LogP contribution in [0.2, 0.25) is 0 Å². The number of rotatable bonds is 10. The average Bonchev–Trinajstić information content (AvgIpc) is 2.44. The van der Waals surface area contributed by atoms with Crippen molar-refractivity contribution in [2.24, 2.45) is 5.92 Å². The summed E-state index contributed by atoms with van der Waals surface area (Å²) in [5, 5.41) is 0. The Kier molecular flexibility index (Phi) is 13.6. The van der Waals surface area contributed by atoms with E-state index in [-0.39, 0.29) is 62.5 Å². The first-order chi connectivity index (χ1) is 10.9. The van der Waals surface area contributed by atoms with E-state index in [1.54, 1.807) is 0 Å². The molecule has 9 nitrogen and oxygen atoms in total. The molecule has 138 valence electrons. The van der Waals surface area contributed by atoms with E-state index in [2.05, 4.69) is 17.9 Å². The fraction of sp³-hybridized carbons (Fsp3) is 0.500. The van der Waals surface area contributed by atoms with Crippen LogP contribution in [-0.4, -0.2) is 108 Å². The van der Waals surface area contributed by atoms with Crippen molar-refractivity contribution < 1.29 is 41.6 Å². The molecule has 0 fully saturated rings. The molecule has 0 atom stereocenters. The summed E-state index contributed by atoms with van der Waals surface area (Å²) in [5.41, 5.74) is 0.208. The SMILES string of the molecule is C=C(C)C(=O)OCC(COC(=O)C(=C)C)C(=O)OCCS(=O)(=O)O.[KH]. The summed E-state index contributed by atoms with van der Waals surface area (Å²) in [6, 6.07) is 0. The number of hydrogen-bond acceptors (Lipinski definition) is 8. The Morgan fingerprint density at radius 1 is 0.960 bits per heavy atom. The molecule has 0 saturated carbocycles. The second-order valence-corrected chi connectivity index (χ2v) is 6.48. The van der Waals surface area contributed by atoms with Crippen molar-refractivity contribution in [3.8, 4) is 0 Å². The second-order valence-electron chi connectivity index (χ2n) is 4.91. The summed E-state index contributed by atoms with van der Waals surface area (Å²) in [6.07, 6.45) is 0. The van der Waals surface area contributed by atoms with Gasteiger partial charge in [-0.15, -0.1) is 0 Å². The molecule has 0 aromatic carbocycles. The maximum absolute atomic E-state index is 11.9. The third-order valence-corrected chi connectivity index (χ3v) is 3.13. The third kappa shape index (κ3) is 13.3. The Morgan fingerprint density at radius 2 is 1.36 bits per heavy atom. The van der Waals surface area contributed by atoms with E-state index in [1.807, 2.05) is 0 Å². The summed E-state index contributed by atoms with van der Waals surface area (Å²) < 4.78 is 44.0. The van der Waals surface area contributed by atoms with Gasteiger partial charge in [0.25, 0.3) is 10.1 Å². The van der Waals surface area contributed by atoms with Crippen molar-refractivity contribution in [3.05, 3.63) is 24.3 Å². The van der Waals surface area contributed by atoms with E-state index < -0.39 is 59.5 Å². The van der Waals surface area contributed by atoms with Crippen LogP contribution in [0.25, 0.3) is 0 Å². The van der Waals surface area contributed by atoms with E-state index in [1.165, 1.54) is 13.8 Å². The third-order valence-electron chi connectivity index (χ3n) is 2.45. The van der Waals surface area contributed by atoms with Gasteiger partial charge in [0.2, 0.25) is 0 Å². The van der Waals surface area contributed by atoms with Gasteiger partial charge in [0.1, 0.15) is 31.5 Å². The van der Waals surface area contributed by atoms with Gasteiger partial charge < -0.3 is 14.2 Å². The molecule has 25 heavy (non-hydrogen) atoms. The van der Waals surface area contributed by atoms with Crippen LogP contribution in [-0.2, 0) is 38.7 Å². The first-order valence-electron chi connectivity index (χ1n) is 6.71. The molecule has 0 aromatic heterocycles. The molecule has 0 heterocycles. The molecule has 0 unspecified atom stereocenters. The van der Waals surface area contributed by atoms with Crippen molar-refractivity contribution in [3.63, 3.8) is 0 Å². The van der Waals surface area contributed by atoms with Crippen LogP contribution in [0.5, 0.6) is 0 Å². The van der Waals surface area contributed by atoms with E-state index in [0.717, 1.165) is 0 Å². The van der Waals surface area contributed by atoms with Crippen LogP contribution in [0.1, 0.15) is 13.8 Å².